The van der Waals surface area contributed by atoms with Crippen molar-refractivity contribution < 1.29 is 28.6 Å². The highest BCUT2D eigenvalue weighted by Gasteiger charge is 2.59. The average molecular weight is 408 g/mol. The van der Waals surface area contributed by atoms with Crippen LogP contribution in [0.1, 0.15) is 42.7 Å². The molecule has 2 aliphatic rings. The van der Waals surface area contributed by atoms with Crippen LogP contribution in [0.5, 0.6) is 5.75 Å². The average Bonchev–Trinajstić information content (AvgIpc) is 3.09. The number of fused-ring (bicyclic) bond motifs is 1. The van der Waals surface area contributed by atoms with E-state index in [1.165, 1.54) is 0 Å². The molecule has 0 spiro atoms. The fraction of sp³-hybridized carbons (Fsp3) is 0.375. The molecule has 2 aromatic rings. The smallest absolute Gasteiger partial charge is 0.307 e. The SMILES string of the molecule is COc1ccccc1C1CC(=O)C2(CC(=O)OCc3ccccc3)CC(=O)OC2C1. The summed E-state index contributed by atoms with van der Waals surface area (Å²) >= 11 is 0. The summed E-state index contributed by atoms with van der Waals surface area (Å²) in [6.45, 7) is 0.132. The number of benzene rings is 2. The molecule has 2 fully saturated rings. The Hall–Kier alpha value is -3.15. The van der Waals surface area contributed by atoms with Crippen LogP contribution in [0, 0.1) is 5.41 Å². The zero-order valence-electron chi connectivity index (χ0n) is 16.8. The van der Waals surface area contributed by atoms with Crippen molar-refractivity contribution in [1.29, 1.82) is 0 Å². The highest BCUT2D eigenvalue weighted by molar-refractivity contribution is 5.96. The van der Waals surface area contributed by atoms with Crippen LogP contribution in [0.25, 0.3) is 0 Å². The molecule has 1 saturated carbocycles. The summed E-state index contributed by atoms with van der Waals surface area (Å²) in [6.07, 6.45) is -0.141. The molecule has 0 bridgehead atoms. The standard InChI is InChI=1S/C24H24O6/c1-28-19-10-6-5-9-18(19)17-11-20(25)24(14-23(27)30-21(24)12-17)13-22(26)29-15-16-7-3-2-4-8-16/h2-10,17,21H,11-15H2,1H3. The minimum Gasteiger partial charge on any atom is -0.496 e. The molecule has 1 heterocycles. The third-order valence-electron chi connectivity index (χ3n) is 6.12. The number of carbonyl (C=O) groups excluding carboxylic acids is 3. The Labute approximate surface area is 175 Å². The molecule has 3 unspecified atom stereocenters. The van der Waals surface area contributed by atoms with E-state index >= 15 is 0 Å². The summed E-state index contributed by atoms with van der Waals surface area (Å²) in [4.78, 5) is 38.0. The molecular weight excluding hydrogens is 384 g/mol. The fourth-order valence-corrected chi connectivity index (χ4v) is 4.57. The lowest BCUT2D eigenvalue weighted by Crippen LogP contribution is -2.46. The van der Waals surface area contributed by atoms with Gasteiger partial charge in [-0.3, -0.25) is 14.4 Å². The van der Waals surface area contributed by atoms with Crippen LogP contribution in [0.4, 0.5) is 0 Å². The summed E-state index contributed by atoms with van der Waals surface area (Å²) in [5.41, 5.74) is 0.644. The Kier molecular flexibility index (Phi) is 5.57. The van der Waals surface area contributed by atoms with E-state index in [1.807, 2.05) is 54.6 Å². The number of ether oxygens (including phenoxy) is 3. The van der Waals surface area contributed by atoms with Gasteiger partial charge in [0.2, 0.25) is 0 Å². The van der Waals surface area contributed by atoms with E-state index in [0.29, 0.717) is 12.2 Å². The monoisotopic (exact) mass is 408 g/mol. The van der Waals surface area contributed by atoms with E-state index < -0.39 is 23.5 Å². The molecule has 6 nitrogen and oxygen atoms in total. The normalized spacial score (nSPS) is 25.4. The largest absolute Gasteiger partial charge is 0.496 e. The number of carbonyl (C=O) groups is 3. The quantitative estimate of drug-likeness (QED) is 0.680. The molecule has 1 aliphatic heterocycles. The summed E-state index contributed by atoms with van der Waals surface area (Å²) < 4.78 is 16.3. The maximum Gasteiger partial charge on any atom is 0.307 e. The van der Waals surface area contributed by atoms with E-state index in [-0.39, 0.29) is 37.6 Å². The predicted octanol–water partition coefficient (Wildman–Crippen LogP) is 3.58. The third kappa shape index (κ3) is 3.82. The Morgan fingerprint density at radius 1 is 1.10 bits per heavy atom. The number of hydrogen-bond acceptors (Lipinski definition) is 6. The van der Waals surface area contributed by atoms with Crippen LogP contribution in [0.15, 0.2) is 54.6 Å². The second kappa shape index (κ2) is 8.30. The van der Waals surface area contributed by atoms with Crippen molar-refractivity contribution >= 4 is 17.7 Å². The molecule has 0 amide bonds. The first-order chi connectivity index (χ1) is 14.5. The van der Waals surface area contributed by atoms with Crippen molar-refractivity contribution in [3.8, 4) is 5.75 Å². The van der Waals surface area contributed by atoms with Crippen LogP contribution in [0.2, 0.25) is 0 Å². The third-order valence-corrected chi connectivity index (χ3v) is 6.12. The summed E-state index contributed by atoms with van der Waals surface area (Å²) in [5, 5.41) is 0. The highest BCUT2D eigenvalue weighted by Crippen LogP contribution is 2.51. The molecule has 2 aromatic carbocycles. The van der Waals surface area contributed by atoms with Gasteiger partial charge in [-0.2, -0.15) is 0 Å². The number of ketones is 1. The fourth-order valence-electron chi connectivity index (χ4n) is 4.57. The van der Waals surface area contributed by atoms with Gasteiger partial charge < -0.3 is 14.2 Å². The van der Waals surface area contributed by atoms with Crippen LogP contribution >= 0.6 is 0 Å². The number of esters is 2. The Morgan fingerprint density at radius 3 is 2.60 bits per heavy atom. The number of hydrogen-bond donors (Lipinski definition) is 0. The molecule has 1 saturated heterocycles. The van der Waals surface area contributed by atoms with Gasteiger partial charge in [-0.15, -0.1) is 0 Å². The minimum atomic E-state index is -1.14. The van der Waals surface area contributed by atoms with Crippen molar-refractivity contribution in [2.24, 2.45) is 5.41 Å². The van der Waals surface area contributed by atoms with Crippen molar-refractivity contribution in [3.05, 3.63) is 65.7 Å². The van der Waals surface area contributed by atoms with Crippen molar-refractivity contribution in [1.82, 2.24) is 0 Å². The van der Waals surface area contributed by atoms with Crippen LogP contribution < -0.4 is 4.74 Å². The van der Waals surface area contributed by atoms with Gasteiger partial charge in [0.15, 0.2) is 0 Å². The zero-order chi connectivity index (χ0) is 21.1. The molecule has 0 radical (unpaired) electrons. The molecule has 30 heavy (non-hydrogen) atoms. The molecule has 0 aromatic heterocycles. The Balaban J connectivity index is 1.50. The summed E-state index contributed by atoms with van der Waals surface area (Å²) in [7, 11) is 1.59. The molecular formula is C24H24O6. The number of para-hydroxylation sites is 1. The van der Waals surface area contributed by atoms with Gasteiger partial charge in [-0.05, 0) is 29.5 Å². The van der Waals surface area contributed by atoms with E-state index in [4.69, 9.17) is 14.2 Å². The lowest BCUT2D eigenvalue weighted by molar-refractivity contribution is -0.156. The van der Waals surface area contributed by atoms with Gasteiger partial charge in [-0.25, -0.2) is 0 Å². The van der Waals surface area contributed by atoms with Gasteiger partial charge >= 0.3 is 11.9 Å². The molecule has 0 N–H and O–H groups in total. The van der Waals surface area contributed by atoms with Gasteiger partial charge in [0.1, 0.15) is 24.2 Å². The first kappa shape index (κ1) is 20.1. The first-order valence-corrected chi connectivity index (χ1v) is 10.1. The molecule has 6 heteroatoms. The van der Waals surface area contributed by atoms with E-state index in [1.54, 1.807) is 7.11 Å². The topological polar surface area (TPSA) is 78.9 Å². The maximum atomic E-state index is 13.3. The summed E-state index contributed by atoms with van der Waals surface area (Å²) in [6, 6.07) is 16.9. The number of methoxy groups -OCH3 is 1. The first-order valence-electron chi connectivity index (χ1n) is 10.1. The lowest BCUT2D eigenvalue weighted by Gasteiger charge is -2.38. The number of Topliss-reactive ketones (excluding diaryl/α,β-unsaturated/α-hetero) is 1. The molecule has 4 rings (SSSR count). The van der Waals surface area contributed by atoms with Crippen LogP contribution in [-0.2, 0) is 30.5 Å². The van der Waals surface area contributed by atoms with Crippen molar-refractivity contribution in [2.75, 3.05) is 7.11 Å². The van der Waals surface area contributed by atoms with Crippen molar-refractivity contribution in [3.63, 3.8) is 0 Å². The number of rotatable bonds is 6. The highest BCUT2D eigenvalue weighted by atomic mass is 16.6. The predicted molar refractivity (Wildman–Crippen MR) is 108 cm³/mol. The zero-order valence-corrected chi connectivity index (χ0v) is 16.8. The van der Waals surface area contributed by atoms with Crippen molar-refractivity contribution in [2.45, 2.75) is 44.3 Å². The summed E-state index contributed by atoms with van der Waals surface area (Å²) in [5.74, 6) is -0.485. The van der Waals surface area contributed by atoms with E-state index in [2.05, 4.69) is 0 Å². The van der Waals surface area contributed by atoms with Crippen LogP contribution in [-0.4, -0.2) is 30.9 Å². The lowest BCUT2D eigenvalue weighted by atomic mass is 9.64. The Bertz CT molecular complexity index is 953. The Morgan fingerprint density at radius 2 is 1.83 bits per heavy atom. The molecule has 3 atom stereocenters. The minimum absolute atomic E-state index is 0.0738. The van der Waals surface area contributed by atoms with Gasteiger partial charge in [-0.1, -0.05) is 48.5 Å². The van der Waals surface area contributed by atoms with Gasteiger partial charge in [0.25, 0.3) is 0 Å². The second-order valence-corrected chi connectivity index (χ2v) is 7.94. The van der Waals surface area contributed by atoms with Crippen LogP contribution in [0.3, 0.4) is 0 Å². The molecule has 1 aliphatic carbocycles. The van der Waals surface area contributed by atoms with E-state index in [0.717, 1.165) is 11.1 Å². The van der Waals surface area contributed by atoms with Gasteiger partial charge in [0.05, 0.1) is 25.4 Å². The van der Waals surface area contributed by atoms with Gasteiger partial charge in [0, 0.05) is 6.42 Å². The second-order valence-electron chi connectivity index (χ2n) is 7.94. The van der Waals surface area contributed by atoms with E-state index in [9.17, 15) is 14.4 Å². The maximum absolute atomic E-state index is 13.3. The molecule has 156 valence electrons.